The van der Waals surface area contributed by atoms with Crippen LogP contribution in [0.3, 0.4) is 0 Å². The van der Waals surface area contributed by atoms with Gasteiger partial charge in [0.2, 0.25) is 6.10 Å². The van der Waals surface area contributed by atoms with E-state index in [0.717, 1.165) is 0 Å². The fourth-order valence-electron chi connectivity index (χ4n) is 2.53. The summed E-state index contributed by atoms with van der Waals surface area (Å²) in [7, 11) is 0. The fourth-order valence-corrected chi connectivity index (χ4v) is 2.83. The smallest absolute Gasteiger partial charge is 0.331 e. The summed E-state index contributed by atoms with van der Waals surface area (Å²) in [5.74, 6) is -0.863. The van der Waals surface area contributed by atoms with Crippen molar-refractivity contribution in [1.29, 1.82) is 0 Å². The van der Waals surface area contributed by atoms with E-state index in [-0.39, 0.29) is 5.91 Å². The van der Waals surface area contributed by atoms with Crippen LogP contribution < -0.4 is 0 Å². The zero-order valence-corrected chi connectivity index (χ0v) is 16.7. The first kappa shape index (κ1) is 21.0. The molecule has 1 amide bonds. The molecule has 0 fully saturated rings. The monoisotopic (exact) mass is 405 g/mol. The maximum absolute atomic E-state index is 12.8. The molecular formula is C21H21Cl2NO3. The Hall–Kier alpha value is -2.30. The predicted molar refractivity (Wildman–Crippen MR) is 109 cm³/mol. The van der Waals surface area contributed by atoms with Gasteiger partial charge in [-0.2, -0.15) is 0 Å². The molecule has 0 heterocycles. The van der Waals surface area contributed by atoms with Gasteiger partial charge in [-0.1, -0.05) is 59.6 Å². The van der Waals surface area contributed by atoms with E-state index in [1.807, 2.05) is 19.9 Å². The van der Waals surface area contributed by atoms with Gasteiger partial charge in [-0.25, -0.2) is 4.79 Å². The predicted octanol–water partition coefficient (Wildman–Crippen LogP) is 5.16. The van der Waals surface area contributed by atoms with Crippen molar-refractivity contribution in [2.24, 2.45) is 0 Å². The number of nitrogens with zero attached hydrogens (tertiary/aromatic N) is 1. The Kier molecular flexibility index (Phi) is 7.89. The molecule has 0 bridgehead atoms. The van der Waals surface area contributed by atoms with Crippen molar-refractivity contribution in [2.45, 2.75) is 20.0 Å². The van der Waals surface area contributed by atoms with Gasteiger partial charge < -0.3 is 9.64 Å². The molecule has 6 heteroatoms. The Bertz CT molecular complexity index is 817. The lowest BCUT2D eigenvalue weighted by atomic mass is 10.1. The molecule has 2 aromatic rings. The molecule has 0 aliphatic heterocycles. The first-order chi connectivity index (χ1) is 13.0. The summed E-state index contributed by atoms with van der Waals surface area (Å²) in [5, 5.41) is 0.830. The number of ether oxygens (including phenoxy) is 1. The van der Waals surface area contributed by atoms with Crippen molar-refractivity contribution in [3.8, 4) is 0 Å². The maximum atomic E-state index is 12.8. The Balaban J connectivity index is 2.18. The van der Waals surface area contributed by atoms with Crippen LogP contribution in [0.15, 0.2) is 54.6 Å². The van der Waals surface area contributed by atoms with Gasteiger partial charge in [0, 0.05) is 24.7 Å². The highest BCUT2D eigenvalue weighted by Crippen LogP contribution is 2.24. The number of likely N-dealkylation sites (N-methyl/N-ethyl adjacent to an activating group) is 1. The minimum atomic E-state index is -0.989. The number of hydrogen-bond acceptors (Lipinski definition) is 3. The van der Waals surface area contributed by atoms with Gasteiger partial charge in [0.25, 0.3) is 5.91 Å². The average molecular weight is 406 g/mol. The molecule has 2 rings (SSSR count). The molecule has 27 heavy (non-hydrogen) atoms. The SMILES string of the molecule is CCN(CC)C(=O)C(OC(=O)C=Cc1ccc(Cl)c(Cl)c1)c1ccccc1. The first-order valence-corrected chi connectivity index (χ1v) is 9.39. The zero-order chi connectivity index (χ0) is 19.8. The van der Waals surface area contributed by atoms with Crippen LogP contribution in [0, 0.1) is 0 Å². The number of hydrogen-bond donors (Lipinski definition) is 0. The van der Waals surface area contributed by atoms with E-state index < -0.39 is 12.1 Å². The second kappa shape index (κ2) is 10.1. The Labute approximate surface area is 169 Å². The number of esters is 1. The summed E-state index contributed by atoms with van der Waals surface area (Å²) < 4.78 is 5.48. The molecule has 0 aliphatic carbocycles. The summed E-state index contributed by atoms with van der Waals surface area (Å²) in [5.41, 5.74) is 1.33. The van der Waals surface area contributed by atoms with Crippen molar-refractivity contribution < 1.29 is 14.3 Å². The lowest BCUT2D eigenvalue weighted by Crippen LogP contribution is -2.36. The van der Waals surface area contributed by atoms with E-state index in [2.05, 4.69) is 0 Å². The number of carbonyl (C=O) groups is 2. The van der Waals surface area contributed by atoms with Crippen molar-refractivity contribution in [2.75, 3.05) is 13.1 Å². The summed E-state index contributed by atoms with van der Waals surface area (Å²) in [6, 6.07) is 14.0. The largest absolute Gasteiger partial charge is 0.444 e. The third-order valence-corrected chi connectivity index (χ3v) is 4.73. The Morgan fingerprint density at radius 3 is 2.30 bits per heavy atom. The first-order valence-electron chi connectivity index (χ1n) is 8.63. The molecular weight excluding hydrogens is 385 g/mol. The standard InChI is InChI=1S/C21H21Cl2NO3/c1-3-24(4-2)21(26)20(16-8-6-5-7-9-16)27-19(25)13-11-15-10-12-17(22)18(23)14-15/h5-14,20H,3-4H2,1-2H3. The van der Waals surface area contributed by atoms with Crippen molar-refractivity contribution in [3.63, 3.8) is 0 Å². The second-order valence-electron chi connectivity index (χ2n) is 5.75. The van der Waals surface area contributed by atoms with Crippen LogP contribution in [-0.2, 0) is 14.3 Å². The maximum Gasteiger partial charge on any atom is 0.331 e. The molecule has 2 aromatic carbocycles. The molecule has 1 atom stereocenters. The van der Waals surface area contributed by atoms with Gasteiger partial charge in [0.1, 0.15) is 0 Å². The van der Waals surface area contributed by atoms with Crippen LogP contribution in [0.4, 0.5) is 0 Å². The molecule has 0 saturated heterocycles. The third kappa shape index (κ3) is 5.84. The second-order valence-corrected chi connectivity index (χ2v) is 6.56. The Morgan fingerprint density at radius 2 is 1.70 bits per heavy atom. The summed E-state index contributed by atoms with van der Waals surface area (Å²) >= 11 is 11.9. The zero-order valence-electron chi connectivity index (χ0n) is 15.2. The summed E-state index contributed by atoms with van der Waals surface area (Å²) in [6.45, 7) is 4.84. The molecule has 0 spiro atoms. The van der Waals surface area contributed by atoms with Crippen LogP contribution in [0.1, 0.15) is 31.1 Å². The van der Waals surface area contributed by atoms with E-state index in [9.17, 15) is 9.59 Å². The lowest BCUT2D eigenvalue weighted by molar-refractivity contribution is -0.157. The van der Waals surface area contributed by atoms with E-state index in [1.54, 1.807) is 53.4 Å². The highest BCUT2D eigenvalue weighted by molar-refractivity contribution is 6.42. The minimum absolute atomic E-state index is 0.248. The normalized spacial score (nSPS) is 12.0. The van der Waals surface area contributed by atoms with Gasteiger partial charge in [0.15, 0.2) is 0 Å². The van der Waals surface area contributed by atoms with Gasteiger partial charge in [-0.15, -0.1) is 0 Å². The van der Waals surface area contributed by atoms with Crippen molar-refractivity contribution in [3.05, 3.63) is 75.8 Å². The van der Waals surface area contributed by atoms with Crippen LogP contribution in [0.5, 0.6) is 0 Å². The third-order valence-electron chi connectivity index (χ3n) is 3.99. The molecule has 0 aliphatic rings. The van der Waals surface area contributed by atoms with E-state index >= 15 is 0 Å². The number of halogens is 2. The van der Waals surface area contributed by atoms with Gasteiger partial charge in [-0.3, -0.25) is 4.79 Å². The van der Waals surface area contributed by atoms with Gasteiger partial charge in [0.05, 0.1) is 10.0 Å². The van der Waals surface area contributed by atoms with E-state index in [0.29, 0.717) is 34.3 Å². The van der Waals surface area contributed by atoms with E-state index in [4.69, 9.17) is 27.9 Å². The van der Waals surface area contributed by atoms with Crippen molar-refractivity contribution >= 4 is 41.2 Å². The molecule has 0 aromatic heterocycles. The number of benzene rings is 2. The summed E-state index contributed by atoms with van der Waals surface area (Å²) in [6.07, 6.45) is 1.84. The van der Waals surface area contributed by atoms with E-state index in [1.165, 1.54) is 6.08 Å². The highest BCUT2D eigenvalue weighted by Gasteiger charge is 2.27. The van der Waals surface area contributed by atoms with Crippen LogP contribution in [0.25, 0.3) is 6.08 Å². The molecule has 0 saturated carbocycles. The van der Waals surface area contributed by atoms with Gasteiger partial charge in [-0.05, 0) is 37.6 Å². The highest BCUT2D eigenvalue weighted by atomic mass is 35.5. The lowest BCUT2D eigenvalue weighted by Gasteiger charge is -2.25. The molecule has 0 N–H and O–H groups in total. The number of amides is 1. The number of rotatable bonds is 7. The van der Waals surface area contributed by atoms with Crippen LogP contribution in [0.2, 0.25) is 10.0 Å². The van der Waals surface area contributed by atoms with Crippen LogP contribution >= 0.6 is 23.2 Å². The molecule has 0 radical (unpaired) electrons. The average Bonchev–Trinajstić information content (AvgIpc) is 2.68. The quantitative estimate of drug-likeness (QED) is 0.471. The number of carbonyl (C=O) groups excluding carboxylic acids is 2. The Morgan fingerprint density at radius 1 is 1.04 bits per heavy atom. The molecule has 4 nitrogen and oxygen atoms in total. The van der Waals surface area contributed by atoms with Crippen molar-refractivity contribution in [1.82, 2.24) is 4.90 Å². The minimum Gasteiger partial charge on any atom is -0.444 e. The molecule has 1 unspecified atom stereocenters. The topological polar surface area (TPSA) is 46.6 Å². The molecule has 142 valence electrons. The fraction of sp³-hybridized carbons (Fsp3) is 0.238. The summed E-state index contributed by atoms with van der Waals surface area (Å²) in [4.78, 5) is 26.7. The van der Waals surface area contributed by atoms with Crippen LogP contribution in [-0.4, -0.2) is 29.9 Å². The van der Waals surface area contributed by atoms with Gasteiger partial charge >= 0.3 is 5.97 Å².